The minimum Gasteiger partial charge on any atom is -0.0876 e. The van der Waals surface area contributed by atoms with Crippen molar-refractivity contribution in [2.45, 2.75) is 12.3 Å². The standard InChI is InChI=1S/C15H12BrCl2/c1-2-10-7-14(12(9-16)8-15(10)18)11-3-5-13(17)6-4-11/h2-8H,9H2,1H3. The summed E-state index contributed by atoms with van der Waals surface area (Å²) in [6, 6.07) is 12.0. The minimum absolute atomic E-state index is 0.746. The Balaban J connectivity index is 2.57. The van der Waals surface area contributed by atoms with Gasteiger partial charge in [-0.25, -0.2) is 0 Å². The van der Waals surface area contributed by atoms with Crippen molar-refractivity contribution < 1.29 is 0 Å². The van der Waals surface area contributed by atoms with Crippen LogP contribution in [0.1, 0.15) is 18.1 Å². The fraction of sp³-hybridized carbons (Fsp3) is 0.133. The highest BCUT2D eigenvalue weighted by Crippen LogP contribution is 2.32. The van der Waals surface area contributed by atoms with Gasteiger partial charge >= 0.3 is 0 Å². The fourth-order valence-electron chi connectivity index (χ4n) is 1.86. The van der Waals surface area contributed by atoms with Crippen molar-refractivity contribution in [2.75, 3.05) is 0 Å². The van der Waals surface area contributed by atoms with Crippen LogP contribution in [0.2, 0.25) is 10.0 Å². The van der Waals surface area contributed by atoms with Gasteiger partial charge in [-0.2, -0.15) is 0 Å². The second-order valence-corrected chi connectivity index (χ2v) is 5.36. The Bertz CT molecular complexity index is 547. The Morgan fingerprint density at radius 3 is 2.33 bits per heavy atom. The van der Waals surface area contributed by atoms with Crippen LogP contribution >= 0.6 is 39.1 Å². The maximum absolute atomic E-state index is 6.22. The van der Waals surface area contributed by atoms with E-state index in [1.165, 1.54) is 11.1 Å². The molecular formula is C15H12BrCl2. The first-order valence-corrected chi connectivity index (χ1v) is 7.47. The van der Waals surface area contributed by atoms with E-state index in [0.29, 0.717) is 0 Å². The van der Waals surface area contributed by atoms with Gasteiger partial charge in [0.15, 0.2) is 0 Å². The van der Waals surface area contributed by atoms with E-state index >= 15 is 0 Å². The van der Waals surface area contributed by atoms with Gasteiger partial charge in [-0.15, -0.1) is 0 Å². The molecule has 0 heterocycles. The predicted octanol–water partition coefficient (Wildman–Crippen LogP) is 6.13. The van der Waals surface area contributed by atoms with Crippen molar-refractivity contribution in [1.29, 1.82) is 0 Å². The molecule has 2 aromatic carbocycles. The maximum atomic E-state index is 6.22. The summed E-state index contributed by atoms with van der Waals surface area (Å²) in [4.78, 5) is 0. The summed E-state index contributed by atoms with van der Waals surface area (Å²) in [5.41, 5.74) is 4.55. The summed E-state index contributed by atoms with van der Waals surface area (Å²) in [6.45, 7) is 1.99. The molecule has 2 aromatic rings. The maximum Gasteiger partial charge on any atom is 0.0444 e. The van der Waals surface area contributed by atoms with Crippen LogP contribution in [0.5, 0.6) is 0 Å². The third-order valence-corrected chi connectivity index (χ3v) is 4.02. The van der Waals surface area contributed by atoms with Gasteiger partial charge in [-0.3, -0.25) is 0 Å². The average molecular weight is 343 g/mol. The van der Waals surface area contributed by atoms with E-state index in [0.717, 1.165) is 26.5 Å². The predicted molar refractivity (Wildman–Crippen MR) is 83.6 cm³/mol. The van der Waals surface area contributed by atoms with E-state index in [4.69, 9.17) is 23.2 Å². The van der Waals surface area contributed by atoms with Crippen LogP contribution < -0.4 is 0 Å². The largest absolute Gasteiger partial charge is 0.0876 e. The van der Waals surface area contributed by atoms with Gasteiger partial charge < -0.3 is 0 Å². The Morgan fingerprint density at radius 2 is 1.78 bits per heavy atom. The van der Waals surface area contributed by atoms with E-state index < -0.39 is 0 Å². The number of hydrogen-bond donors (Lipinski definition) is 0. The van der Waals surface area contributed by atoms with Crippen molar-refractivity contribution in [3.05, 3.63) is 64.0 Å². The molecule has 93 valence electrons. The molecule has 0 unspecified atom stereocenters. The molecule has 0 aromatic heterocycles. The Labute approximate surface area is 126 Å². The normalized spacial score (nSPS) is 10.7. The summed E-state index contributed by atoms with van der Waals surface area (Å²) in [5, 5.41) is 2.30. The Hall–Kier alpha value is -0.500. The first kappa shape index (κ1) is 13.9. The first-order valence-electron chi connectivity index (χ1n) is 5.59. The third-order valence-electron chi connectivity index (χ3n) is 2.83. The van der Waals surface area contributed by atoms with Crippen molar-refractivity contribution in [2.24, 2.45) is 0 Å². The van der Waals surface area contributed by atoms with E-state index in [2.05, 4.69) is 22.0 Å². The molecule has 1 radical (unpaired) electrons. The SMILES string of the molecule is C[CH]c1cc(-c2ccc(Cl)cc2)c(CBr)cc1Cl. The summed E-state index contributed by atoms with van der Waals surface area (Å²) in [7, 11) is 0. The molecule has 0 bridgehead atoms. The lowest BCUT2D eigenvalue weighted by molar-refractivity contribution is 1.36. The second-order valence-electron chi connectivity index (χ2n) is 3.96. The lowest BCUT2D eigenvalue weighted by atomic mass is 9.97. The van der Waals surface area contributed by atoms with Gasteiger partial charge in [0.2, 0.25) is 0 Å². The molecule has 3 heteroatoms. The third kappa shape index (κ3) is 2.90. The average Bonchev–Trinajstić information content (AvgIpc) is 2.39. The van der Waals surface area contributed by atoms with Crippen LogP contribution in [-0.4, -0.2) is 0 Å². The highest BCUT2D eigenvalue weighted by Gasteiger charge is 2.09. The van der Waals surface area contributed by atoms with Crippen molar-refractivity contribution in [3.8, 4) is 11.1 Å². The van der Waals surface area contributed by atoms with Crippen LogP contribution in [0.4, 0.5) is 0 Å². The molecule has 0 atom stereocenters. The molecule has 0 amide bonds. The second kappa shape index (κ2) is 6.10. The minimum atomic E-state index is 0.746. The molecule has 18 heavy (non-hydrogen) atoms. The van der Waals surface area contributed by atoms with Gasteiger partial charge in [0.25, 0.3) is 0 Å². The van der Waals surface area contributed by atoms with Gasteiger partial charge in [-0.05, 0) is 52.9 Å². The van der Waals surface area contributed by atoms with E-state index in [1.807, 2.05) is 43.7 Å². The lowest BCUT2D eigenvalue weighted by Gasteiger charge is -2.11. The van der Waals surface area contributed by atoms with Crippen LogP contribution in [0.15, 0.2) is 36.4 Å². The zero-order valence-corrected chi connectivity index (χ0v) is 13.0. The van der Waals surface area contributed by atoms with Crippen LogP contribution in [0, 0.1) is 6.42 Å². The molecule has 0 aliphatic heterocycles. The molecule has 0 aliphatic carbocycles. The smallest absolute Gasteiger partial charge is 0.0444 e. The molecule has 0 saturated carbocycles. The molecule has 2 rings (SSSR count). The summed E-state index contributed by atoms with van der Waals surface area (Å²) < 4.78 is 0. The topological polar surface area (TPSA) is 0 Å². The zero-order valence-electron chi connectivity index (χ0n) is 9.88. The fourth-order valence-corrected chi connectivity index (χ4v) is 2.75. The van der Waals surface area contributed by atoms with Gasteiger partial charge in [0.05, 0.1) is 0 Å². The molecule has 0 nitrogen and oxygen atoms in total. The summed E-state index contributed by atoms with van der Waals surface area (Å²) >= 11 is 15.6. The molecule has 0 spiro atoms. The number of alkyl halides is 1. The quantitative estimate of drug-likeness (QED) is 0.589. The Kier molecular flexibility index (Phi) is 4.71. The highest BCUT2D eigenvalue weighted by molar-refractivity contribution is 9.08. The lowest BCUT2D eigenvalue weighted by Crippen LogP contribution is -1.90. The van der Waals surface area contributed by atoms with Gasteiger partial charge in [-0.1, -0.05) is 58.2 Å². The Morgan fingerprint density at radius 1 is 1.11 bits per heavy atom. The van der Waals surface area contributed by atoms with Crippen molar-refractivity contribution in [3.63, 3.8) is 0 Å². The van der Waals surface area contributed by atoms with E-state index in [1.54, 1.807) is 0 Å². The monoisotopic (exact) mass is 341 g/mol. The molecule has 0 fully saturated rings. The molecule has 0 N–H and O–H groups in total. The number of hydrogen-bond acceptors (Lipinski definition) is 0. The van der Waals surface area contributed by atoms with Crippen LogP contribution in [0.3, 0.4) is 0 Å². The van der Waals surface area contributed by atoms with E-state index in [9.17, 15) is 0 Å². The first-order chi connectivity index (χ1) is 8.65. The van der Waals surface area contributed by atoms with Crippen LogP contribution in [0.25, 0.3) is 11.1 Å². The number of rotatable bonds is 3. The molecule has 0 saturated heterocycles. The zero-order chi connectivity index (χ0) is 13.1. The summed E-state index contributed by atoms with van der Waals surface area (Å²) in [5.74, 6) is 0. The van der Waals surface area contributed by atoms with Crippen LogP contribution in [-0.2, 0) is 5.33 Å². The highest BCUT2D eigenvalue weighted by atomic mass is 79.9. The van der Waals surface area contributed by atoms with Crippen molar-refractivity contribution >= 4 is 39.1 Å². The van der Waals surface area contributed by atoms with Crippen molar-refractivity contribution in [1.82, 2.24) is 0 Å². The summed E-state index contributed by atoms with van der Waals surface area (Å²) in [6.07, 6.45) is 2.01. The molecule has 0 aliphatic rings. The van der Waals surface area contributed by atoms with E-state index in [-0.39, 0.29) is 0 Å². The number of benzene rings is 2. The van der Waals surface area contributed by atoms with Gasteiger partial charge in [0, 0.05) is 15.4 Å². The van der Waals surface area contributed by atoms with Gasteiger partial charge in [0.1, 0.15) is 0 Å². The number of halogens is 3. The molecular weight excluding hydrogens is 331 g/mol.